The van der Waals surface area contributed by atoms with E-state index >= 15 is 0 Å². The molecule has 0 bridgehead atoms. The molecule has 0 heterocycles. The van der Waals surface area contributed by atoms with Crippen molar-refractivity contribution in [3.05, 3.63) is 23.8 Å². The van der Waals surface area contributed by atoms with E-state index in [4.69, 9.17) is 34.8 Å². The van der Waals surface area contributed by atoms with Crippen molar-refractivity contribution < 1.29 is 5.11 Å². The van der Waals surface area contributed by atoms with Crippen molar-refractivity contribution in [3.8, 4) is 5.75 Å². The van der Waals surface area contributed by atoms with Gasteiger partial charge < -0.3 is 5.11 Å². The zero-order valence-electron chi connectivity index (χ0n) is 5.76. The fraction of sp³-hybridized carbons (Fsp3) is 0.143. The maximum absolute atomic E-state index is 9.21. The van der Waals surface area contributed by atoms with Crippen LogP contribution in [0.3, 0.4) is 0 Å². The number of rotatable bonds is 0. The van der Waals surface area contributed by atoms with E-state index in [9.17, 15) is 5.11 Å². The molecule has 0 aliphatic heterocycles. The summed E-state index contributed by atoms with van der Waals surface area (Å²) in [6, 6.07) is 4.53. The first-order valence-corrected chi connectivity index (χ1v) is 4.58. The molecule has 1 rings (SSSR count). The summed E-state index contributed by atoms with van der Waals surface area (Å²) in [4.78, 5) is 0.452. The van der Waals surface area contributed by atoms with E-state index in [0.717, 1.165) is 0 Å². The van der Waals surface area contributed by atoms with Crippen molar-refractivity contribution in [2.45, 2.75) is 8.69 Å². The lowest BCUT2D eigenvalue weighted by molar-refractivity contribution is 0.462. The van der Waals surface area contributed by atoms with Crippen LogP contribution < -0.4 is 0 Å². The number of hydrogen-bond acceptors (Lipinski definition) is 2. The highest BCUT2D eigenvalue weighted by atomic mass is 35.6. The van der Waals surface area contributed by atoms with Crippen LogP contribution in [0.25, 0.3) is 0 Å². The number of phenols is 1. The lowest BCUT2D eigenvalue weighted by atomic mass is 10.2. The third-order valence-corrected chi connectivity index (χ3v) is 2.34. The molecule has 1 N–H and O–H groups in total. The molecule has 0 aliphatic rings. The maximum atomic E-state index is 9.21. The number of aromatic hydroxyl groups is 1. The third-order valence-electron chi connectivity index (χ3n) is 1.30. The van der Waals surface area contributed by atoms with Crippen molar-refractivity contribution in [2.24, 2.45) is 0 Å². The molecule has 66 valence electrons. The van der Waals surface area contributed by atoms with E-state index in [0.29, 0.717) is 10.5 Å². The van der Waals surface area contributed by atoms with Gasteiger partial charge in [-0.1, -0.05) is 40.9 Å². The van der Waals surface area contributed by atoms with E-state index < -0.39 is 3.79 Å². The summed E-state index contributed by atoms with van der Waals surface area (Å²) in [5.41, 5.74) is 0.419. The molecule has 0 atom stereocenters. The Bertz CT molecular complexity index is 295. The molecule has 0 fully saturated rings. The summed E-state index contributed by atoms with van der Waals surface area (Å²) in [6.45, 7) is 0. The highest BCUT2D eigenvalue weighted by molar-refractivity contribution is 7.80. The minimum absolute atomic E-state index is 0.00200. The number of halogens is 3. The van der Waals surface area contributed by atoms with Crippen molar-refractivity contribution >= 4 is 47.4 Å². The van der Waals surface area contributed by atoms with Gasteiger partial charge in [-0.25, -0.2) is 0 Å². The van der Waals surface area contributed by atoms with Crippen LogP contribution in [0.15, 0.2) is 23.1 Å². The first kappa shape index (κ1) is 10.3. The quantitative estimate of drug-likeness (QED) is 0.528. The molecule has 0 aromatic heterocycles. The van der Waals surface area contributed by atoms with Gasteiger partial charge >= 0.3 is 0 Å². The summed E-state index contributed by atoms with van der Waals surface area (Å²) < 4.78 is -1.50. The summed E-state index contributed by atoms with van der Waals surface area (Å²) in [5, 5.41) is 9.21. The van der Waals surface area contributed by atoms with E-state index in [2.05, 4.69) is 12.6 Å². The Morgan fingerprint density at radius 3 is 2.25 bits per heavy atom. The molecule has 12 heavy (non-hydrogen) atoms. The zero-order valence-corrected chi connectivity index (χ0v) is 8.92. The summed E-state index contributed by atoms with van der Waals surface area (Å²) >= 11 is 20.7. The van der Waals surface area contributed by atoms with Gasteiger partial charge in [-0.05, 0) is 12.1 Å². The van der Waals surface area contributed by atoms with Crippen LogP contribution in [0.4, 0.5) is 0 Å². The second-order valence-corrected chi connectivity index (χ2v) is 4.96. The van der Waals surface area contributed by atoms with E-state index in [1.807, 2.05) is 0 Å². The molecule has 0 spiro atoms. The van der Waals surface area contributed by atoms with Crippen LogP contribution in [0.2, 0.25) is 0 Å². The molecule has 1 aromatic rings. The standard InChI is InChI=1S/C7H5Cl3OS/c8-7(9,10)4-1-2-6(12)5(11)3-4/h1-3,11-12H. The Morgan fingerprint density at radius 2 is 1.83 bits per heavy atom. The van der Waals surface area contributed by atoms with Gasteiger partial charge in [0, 0.05) is 10.5 Å². The third kappa shape index (κ3) is 2.36. The molecule has 0 amide bonds. The zero-order chi connectivity index (χ0) is 9.35. The maximum Gasteiger partial charge on any atom is 0.216 e. The van der Waals surface area contributed by atoms with E-state index in [-0.39, 0.29) is 5.75 Å². The van der Waals surface area contributed by atoms with Gasteiger partial charge in [0.05, 0.1) is 0 Å². The molecule has 1 aromatic carbocycles. The normalized spacial score (nSPS) is 11.7. The molecule has 0 saturated carbocycles. The first-order chi connectivity index (χ1) is 5.41. The van der Waals surface area contributed by atoms with Crippen LogP contribution in [0.1, 0.15) is 5.56 Å². The SMILES string of the molecule is Oc1cc(C(Cl)(Cl)Cl)ccc1S. The second kappa shape index (κ2) is 3.54. The Balaban J connectivity index is 3.14. The van der Waals surface area contributed by atoms with Crippen molar-refractivity contribution in [3.63, 3.8) is 0 Å². The summed E-state index contributed by atoms with van der Waals surface area (Å²) in [6.07, 6.45) is 0. The average molecular weight is 244 g/mol. The molecule has 5 heteroatoms. The second-order valence-electron chi connectivity index (χ2n) is 2.20. The molecule has 0 aliphatic carbocycles. The van der Waals surface area contributed by atoms with Gasteiger partial charge in [0.1, 0.15) is 5.75 Å². The van der Waals surface area contributed by atoms with Gasteiger partial charge in [0.15, 0.2) is 0 Å². The van der Waals surface area contributed by atoms with Crippen molar-refractivity contribution in [2.75, 3.05) is 0 Å². The Hall–Kier alpha value is 0.240. The van der Waals surface area contributed by atoms with Gasteiger partial charge in [0.25, 0.3) is 0 Å². The van der Waals surface area contributed by atoms with Crippen molar-refractivity contribution in [1.82, 2.24) is 0 Å². The smallest absolute Gasteiger partial charge is 0.216 e. The lowest BCUT2D eigenvalue weighted by Gasteiger charge is -2.11. The topological polar surface area (TPSA) is 20.2 Å². The highest BCUT2D eigenvalue weighted by Gasteiger charge is 2.23. The van der Waals surface area contributed by atoms with Gasteiger partial charge in [-0.3, -0.25) is 0 Å². The number of thiol groups is 1. The average Bonchev–Trinajstić information content (AvgIpc) is 1.92. The minimum atomic E-state index is -1.50. The number of phenolic OH excluding ortho intramolecular Hbond substituents is 1. The highest BCUT2D eigenvalue weighted by Crippen LogP contribution is 2.40. The van der Waals surface area contributed by atoms with Crippen LogP contribution in [-0.4, -0.2) is 5.11 Å². The van der Waals surface area contributed by atoms with Crippen LogP contribution in [0, 0.1) is 0 Å². The number of benzene rings is 1. The summed E-state index contributed by atoms with van der Waals surface area (Å²) in [5.74, 6) is 0.00200. The number of hydrogen-bond donors (Lipinski definition) is 2. The first-order valence-electron chi connectivity index (χ1n) is 3.00. The fourth-order valence-electron chi connectivity index (χ4n) is 0.700. The Kier molecular flexibility index (Phi) is 3.05. The fourth-order valence-corrected chi connectivity index (χ4v) is 1.19. The lowest BCUT2D eigenvalue weighted by Crippen LogP contribution is -1.98. The largest absolute Gasteiger partial charge is 0.507 e. The molecular formula is C7H5Cl3OS. The Morgan fingerprint density at radius 1 is 1.25 bits per heavy atom. The molecule has 1 nitrogen and oxygen atoms in total. The molecule has 0 saturated heterocycles. The predicted octanol–water partition coefficient (Wildman–Crippen LogP) is 3.51. The molecular weight excluding hydrogens is 239 g/mol. The van der Waals surface area contributed by atoms with Crippen LogP contribution >= 0.6 is 47.4 Å². The minimum Gasteiger partial charge on any atom is -0.507 e. The van der Waals surface area contributed by atoms with Crippen LogP contribution in [0.5, 0.6) is 5.75 Å². The van der Waals surface area contributed by atoms with E-state index in [1.165, 1.54) is 6.07 Å². The van der Waals surface area contributed by atoms with E-state index in [1.54, 1.807) is 12.1 Å². The Labute approximate surface area is 90.7 Å². The predicted molar refractivity (Wildman–Crippen MR) is 54.6 cm³/mol. The van der Waals surface area contributed by atoms with Crippen molar-refractivity contribution in [1.29, 1.82) is 0 Å². The summed E-state index contributed by atoms with van der Waals surface area (Å²) in [7, 11) is 0. The number of alkyl halides is 3. The molecule has 0 radical (unpaired) electrons. The van der Waals surface area contributed by atoms with Gasteiger partial charge in [-0.15, -0.1) is 12.6 Å². The monoisotopic (exact) mass is 242 g/mol. The van der Waals surface area contributed by atoms with Crippen LogP contribution in [-0.2, 0) is 3.79 Å². The molecule has 0 unspecified atom stereocenters. The van der Waals surface area contributed by atoms with Gasteiger partial charge in [-0.2, -0.15) is 0 Å². The van der Waals surface area contributed by atoms with Gasteiger partial charge in [0.2, 0.25) is 3.79 Å².